The van der Waals surface area contributed by atoms with Crippen molar-refractivity contribution in [3.05, 3.63) is 45.3 Å². The highest BCUT2D eigenvalue weighted by atomic mass is 127. The van der Waals surface area contributed by atoms with Gasteiger partial charge in [0.1, 0.15) is 5.15 Å². The van der Waals surface area contributed by atoms with Crippen molar-refractivity contribution >= 4 is 45.1 Å². The molecule has 4 nitrogen and oxygen atoms in total. The fourth-order valence-corrected chi connectivity index (χ4v) is 2.00. The van der Waals surface area contributed by atoms with Crippen LogP contribution < -0.4 is 0 Å². The topological polar surface area (TPSA) is 43.6 Å². The van der Waals surface area contributed by atoms with E-state index >= 15 is 0 Å². The number of nitrogens with zero attached hydrogens (tertiary/aromatic N) is 4. The number of pyridine rings is 2. The third kappa shape index (κ3) is 2.05. The summed E-state index contributed by atoms with van der Waals surface area (Å²) in [6.07, 6.45) is 3.34. The maximum atomic E-state index is 13.4. The molecule has 18 heavy (non-hydrogen) atoms. The molecule has 0 N–H and O–H groups in total. The van der Waals surface area contributed by atoms with Crippen molar-refractivity contribution in [3.8, 4) is 5.82 Å². The summed E-state index contributed by atoms with van der Waals surface area (Å²) in [5.74, 6) is -0.0935. The summed E-state index contributed by atoms with van der Waals surface area (Å²) < 4.78 is 15.4. The number of fused-ring (bicyclic) bond motifs is 1. The van der Waals surface area contributed by atoms with Gasteiger partial charge in [-0.2, -0.15) is 14.5 Å². The van der Waals surface area contributed by atoms with E-state index < -0.39 is 5.95 Å². The second kappa shape index (κ2) is 4.43. The molecule has 0 aliphatic heterocycles. The molecule has 0 aliphatic rings. The Kier molecular flexibility index (Phi) is 2.90. The zero-order chi connectivity index (χ0) is 12.7. The van der Waals surface area contributed by atoms with Gasteiger partial charge in [0.15, 0.2) is 5.82 Å². The lowest BCUT2D eigenvalue weighted by Gasteiger charge is -2.00. The summed E-state index contributed by atoms with van der Waals surface area (Å²) in [6, 6.07) is 5.00. The van der Waals surface area contributed by atoms with E-state index in [0.29, 0.717) is 20.1 Å². The third-order valence-corrected chi connectivity index (χ3v) is 3.39. The standard InChI is InChI=1S/C11H5ClFIN4/c12-9-3-8-6(4-15-9)5-18(17-8)10-2-1-7(14)11(13)16-10/h1-5H. The van der Waals surface area contributed by atoms with Crippen LogP contribution in [0, 0.1) is 9.52 Å². The minimum Gasteiger partial charge on any atom is -0.244 e. The lowest BCUT2D eigenvalue weighted by Crippen LogP contribution is -2.00. The van der Waals surface area contributed by atoms with E-state index in [0.717, 1.165) is 5.39 Å². The molecule has 3 aromatic rings. The Balaban J connectivity index is 2.16. The smallest absolute Gasteiger partial charge is 0.228 e. The van der Waals surface area contributed by atoms with Crippen LogP contribution in [-0.4, -0.2) is 19.7 Å². The van der Waals surface area contributed by atoms with E-state index in [9.17, 15) is 4.39 Å². The third-order valence-electron chi connectivity index (χ3n) is 2.38. The lowest BCUT2D eigenvalue weighted by molar-refractivity contribution is 0.570. The molecule has 0 amide bonds. The molecular weight excluding hydrogens is 370 g/mol. The lowest BCUT2D eigenvalue weighted by atomic mass is 10.3. The number of hydrogen-bond acceptors (Lipinski definition) is 3. The molecule has 0 saturated carbocycles. The van der Waals surface area contributed by atoms with Crippen LogP contribution in [0.15, 0.2) is 30.6 Å². The molecule has 3 rings (SSSR count). The van der Waals surface area contributed by atoms with E-state index in [-0.39, 0.29) is 0 Å². The monoisotopic (exact) mass is 374 g/mol. The largest absolute Gasteiger partial charge is 0.244 e. The van der Waals surface area contributed by atoms with Gasteiger partial charge >= 0.3 is 0 Å². The summed E-state index contributed by atoms with van der Waals surface area (Å²) in [7, 11) is 0. The highest BCUT2D eigenvalue weighted by Crippen LogP contribution is 2.18. The van der Waals surface area contributed by atoms with Crippen LogP contribution >= 0.6 is 34.2 Å². The van der Waals surface area contributed by atoms with E-state index in [1.165, 1.54) is 4.68 Å². The minimum atomic E-state index is -0.510. The first-order valence-corrected chi connectivity index (χ1v) is 6.42. The fourth-order valence-electron chi connectivity index (χ4n) is 1.55. The van der Waals surface area contributed by atoms with Gasteiger partial charge < -0.3 is 0 Å². The minimum absolute atomic E-state index is 0.370. The van der Waals surface area contributed by atoms with E-state index in [4.69, 9.17) is 11.6 Å². The molecule has 0 unspecified atom stereocenters. The Morgan fingerprint density at radius 3 is 2.94 bits per heavy atom. The summed E-state index contributed by atoms with van der Waals surface area (Å²) in [5.41, 5.74) is 0.691. The summed E-state index contributed by atoms with van der Waals surface area (Å²) in [4.78, 5) is 7.80. The van der Waals surface area contributed by atoms with Gasteiger partial charge in [0, 0.05) is 23.8 Å². The highest BCUT2D eigenvalue weighted by Gasteiger charge is 2.07. The van der Waals surface area contributed by atoms with E-state index in [1.807, 2.05) is 22.6 Å². The summed E-state index contributed by atoms with van der Waals surface area (Å²) in [5, 5.41) is 5.46. The average Bonchev–Trinajstić information content (AvgIpc) is 2.75. The molecule has 90 valence electrons. The maximum absolute atomic E-state index is 13.4. The normalized spacial score (nSPS) is 11.1. The SMILES string of the molecule is Fc1nc(-n2cc3cnc(Cl)cc3n2)ccc1I. The molecule has 0 spiro atoms. The first-order chi connectivity index (χ1) is 8.63. The zero-order valence-electron chi connectivity index (χ0n) is 8.81. The van der Waals surface area contributed by atoms with E-state index in [2.05, 4.69) is 15.1 Å². The highest BCUT2D eigenvalue weighted by molar-refractivity contribution is 14.1. The van der Waals surface area contributed by atoms with E-state index in [1.54, 1.807) is 30.6 Å². The molecule has 0 fully saturated rings. The summed E-state index contributed by atoms with van der Waals surface area (Å²) in [6.45, 7) is 0. The van der Waals surface area contributed by atoms with Gasteiger partial charge in [0.25, 0.3) is 0 Å². The zero-order valence-corrected chi connectivity index (χ0v) is 11.7. The second-order valence-corrected chi connectivity index (χ2v) is 5.13. The van der Waals surface area contributed by atoms with Crippen LogP contribution in [0.25, 0.3) is 16.7 Å². The van der Waals surface area contributed by atoms with Crippen molar-refractivity contribution in [2.75, 3.05) is 0 Å². The maximum Gasteiger partial charge on any atom is 0.228 e. The summed E-state index contributed by atoms with van der Waals surface area (Å²) >= 11 is 7.67. The van der Waals surface area contributed by atoms with Crippen molar-refractivity contribution in [2.24, 2.45) is 0 Å². The number of halogens is 3. The number of hydrogen-bond donors (Lipinski definition) is 0. The van der Waals surface area contributed by atoms with Crippen molar-refractivity contribution < 1.29 is 4.39 Å². The van der Waals surface area contributed by atoms with Gasteiger partial charge in [0.2, 0.25) is 5.95 Å². The predicted molar refractivity (Wildman–Crippen MR) is 74.3 cm³/mol. The van der Waals surface area contributed by atoms with Gasteiger partial charge in [-0.1, -0.05) is 11.6 Å². The molecular formula is C11H5ClFIN4. The van der Waals surface area contributed by atoms with Gasteiger partial charge in [0.05, 0.1) is 9.09 Å². The Morgan fingerprint density at radius 1 is 1.33 bits per heavy atom. The Labute approximate surface area is 120 Å². The fraction of sp³-hybridized carbons (Fsp3) is 0. The van der Waals surface area contributed by atoms with Crippen LogP contribution in [0.3, 0.4) is 0 Å². The number of aromatic nitrogens is 4. The number of rotatable bonds is 1. The molecule has 0 bridgehead atoms. The first kappa shape index (κ1) is 11.8. The van der Waals surface area contributed by atoms with Crippen LogP contribution in [0.5, 0.6) is 0 Å². The van der Waals surface area contributed by atoms with Gasteiger partial charge in [-0.15, -0.1) is 0 Å². The molecule has 3 heterocycles. The second-order valence-electron chi connectivity index (χ2n) is 3.58. The van der Waals surface area contributed by atoms with Crippen LogP contribution in [0.4, 0.5) is 4.39 Å². The first-order valence-electron chi connectivity index (χ1n) is 4.97. The molecule has 7 heteroatoms. The van der Waals surface area contributed by atoms with Crippen molar-refractivity contribution in [2.45, 2.75) is 0 Å². The van der Waals surface area contributed by atoms with Gasteiger partial charge in [-0.05, 0) is 34.7 Å². The Bertz CT molecular complexity index is 743. The quantitative estimate of drug-likeness (QED) is 0.485. The molecule has 0 aromatic carbocycles. The molecule has 0 saturated heterocycles. The average molecular weight is 375 g/mol. The van der Waals surface area contributed by atoms with Crippen LogP contribution in [0.1, 0.15) is 0 Å². The molecule has 3 aromatic heterocycles. The van der Waals surface area contributed by atoms with Crippen LogP contribution in [0.2, 0.25) is 5.15 Å². The van der Waals surface area contributed by atoms with Crippen molar-refractivity contribution in [1.29, 1.82) is 0 Å². The van der Waals surface area contributed by atoms with Crippen LogP contribution in [-0.2, 0) is 0 Å². The van der Waals surface area contributed by atoms with Crippen molar-refractivity contribution in [1.82, 2.24) is 19.7 Å². The van der Waals surface area contributed by atoms with Gasteiger partial charge in [-0.3, -0.25) is 0 Å². The Hall–Kier alpha value is -1.28. The molecule has 0 atom stereocenters. The van der Waals surface area contributed by atoms with Crippen molar-refractivity contribution in [3.63, 3.8) is 0 Å². The molecule has 0 radical (unpaired) electrons. The molecule has 0 aliphatic carbocycles. The Morgan fingerprint density at radius 2 is 2.17 bits per heavy atom. The van der Waals surface area contributed by atoms with Gasteiger partial charge in [-0.25, -0.2) is 9.67 Å². The predicted octanol–water partition coefficient (Wildman–Crippen LogP) is 3.21.